The normalized spacial score (nSPS) is 10.4. The van der Waals surface area contributed by atoms with Crippen LogP contribution in [0.2, 0.25) is 0 Å². The molecule has 0 heterocycles. The van der Waals surface area contributed by atoms with Crippen LogP contribution in [0.1, 0.15) is 11.1 Å². The van der Waals surface area contributed by atoms with Crippen molar-refractivity contribution in [2.45, 2.75) is 0 Å². The van der Waals surface area contributed by atoms with Crippen molar-refractivity contribution in [1.29, 1.82) is 0 Å². The highest BCUT2D eigenvalue weighted by molar-refractivity contribution is 5.84. The summed E-state index contributed by atoms with van der Waals surface area (Å²) in [7, 11) is 1.61. The molecule has 0 aliphatic heterocycles. The van der Waals surface area contributed by atoms with Gasteiger partial charge in [0, 0.05) is 5.56 Å². The summed E-state index contributed by atoms with van der Waals surface area (Å²) in [6.07, 6.45) is 0. The molecule has 0 saturated heterocycles. The molecule has 136 valence electrons. The standard InChI is InChI=1S/C25H16F2O/c1-28-24-12-9-18(10-13-24)22-7-6-19(25(27)16-22)4-2-17-3-5-21-15-23(26)11-8-20(21)14-17/h3,5-16H,1H3. The van der Waals surface area contributed by atoms with Crippen LogP contribution in [-0.4, -0.2) is 7.11 Å². The maximum absolute atomic E-state index is 14.5. The van der Waals surface area contributed by atoms with Crippen molar-refractivity contribution in [2.24, 2.45) is 0 Å². The smallest absolute Gasteiger partial charge is 0.139 e. The third kappa shape index (κ3) is 3.72. The largest absolute Gasteiger partial charge is 0.497 e. The molecule has 3 heteroatoms. The zero-order valence-corrected chi connectivity index (χ0v) is 15.2. The molecule has 4 aromatic carbocycles. The Balaban J connectivity index is 1.61. The molecule has 1 nitrogen and oxygen atoms in total. The molecule has 0 saturated carbocycles. The SMILES string of the molecule is COc1ccc(-c2ccc(C#Cc3ccc4cc(F)ccc4c3)c(F)c2)cc1. The Labute approximate surface area is 162 Å². The molecule has 0 radical (unpaired) electrons. The van der Waals surface area contributed by atoms with E-state index >= 15 is 0 Å². The number of benzene rings is 4. The summed E-state index contributed by atoms with van der Waals surface area (Å²) in [5.41, 5.74) is 2.76. The first-order valence-electron chi connectivity index (χ1n) is 8.78. The predicted octanol–water partition coefficient (Wildman–Crippen LogP) is 6.19. The molecule has 4 aromatic rings. The molecule has 0 atom stereocenters. The average molecular weight is 370 g/mol. The van der Waals surface area contributed by atoms with Crippen molar-refractivity contribution in [3.63, 3.8) is 0 Å². The van der Waals surface area contributed by atoms with Crippen molar-refractivity contribution in [2.75, 3.05) is 7.11 Å². The van der Waals surface area contributed by atoms with Crippen molar-refractivity contribution in [3.05, 3.63) is 102 Å². The number of methoxy groups -OCH3 is 1. The van der Waals surface area contributed by atoms with E-state index in [1.807, 2.05) is 42.5 Å². The fourth-order valence-corrected chi connectivity index (χ4v) is 3.01. The number of hydrogen-bond acceptors (Lipinski definition) is 1. The van der Waals surface area contributed by atoms with E-state index in [0.717, 1.165) is 33.2 Å². The summed E-state index contributed by atoms with van der Waals surface area (Å²) in [6, 6.07) is 22.5. The first kappa shape index (κ1) is 17.8. The van der Waals surface area contributed by atoms with Crippen LogP contribution in [-0.2, 0) is 0 Å². The summed E-state index contributed by atoms with van der Waals surface area (Å²) in [6.45, 7) is 0. The number of halogens is 2. The van der Waals surface area contributed by atoms with Gasteiger partial charge in [-0.25, -0.2) is 8.78 Å². The second-order valence-electron chi connectivity index (χ2n) is 6.38. The lowest BCUT2D eigenvalue weighted by Gasteiger charge is -2.05. The monoisotopic (exact) mass is 370 g/mol. The second kappa shape index (κ2) is 7.54. The van der Waals surface area contributed by atoms with Crippen molar-refractivity contribution in [1.82, 2.24) is 0 Å². The Morgan fingerprint density at radius 3 is 2.14 bits per heavy atom. The van der Waals surface area contributed by atoms with Crippen LogP contribution < -0.4 is 4.74 Å². The quantitative estimate of drug-likeness (QED) is 0.382. The van der Waals surface area contributed by atoms with Crippen LogP contribution >= 0.6 is 0 Å². The van der Waals surface area contributed by atoms with Gasteiger partial charge in [-0.3, -0.25) is 0 Å². The molecule has 28 heavy (non-hydrogen) atoms. The van der Waals surface area contributed by atoms with Gasteiger partial charge in [-0.2, -0.15) is 0 Å². The molecule has 0 spiro atoms. The van der Waals surface area contributed by atoms with E-state index in [0.29, 0.717) is 5.56 Å². The van der Waals surface area contributed by atoms with E-state index in [2.05, 4.69) is 11.8 Å². The molecule has 0 amide bonds. The summed E-state index contributed by atoms with van der Waals surface area (Å²) in [5, 5.41) is 1.70. The van der Waals surface area contributed by atoms with E-state index in [4.69, 9.17) is 4.74 Å². The molecule has 0 bridgehead atoms. The summed E-state index contributed by atoms with van der Waals surface area (Å²) in [5.74, 6) is 5.98. The lowest BCUT2D eigenvalue weighted by Crippen LogP contribution is -1.87. The molecule has 4 rings (SSSR count). The topological polar surface area (TPSA) is 9.23 Å². The summed E-state index contributed by atoms with van der Waals surface area (Å²) in [4.78, 5) is 0. The van der Waals surface area contributed by atoms with Gasteiger partial charge in [0.2, 0.25) is 0 Å². The van der Waals surface area contributed by atoms with Crippen LogP contribution in [0.3, 0.4) is 0 Å². The van der Waals surface area contributed by atoms with Gasteiger partial charge in [-0.05, 0) is 70.4 Å². The Morgan fingerprint density at radius 2 is 1.39 bits per heavy atom. The van der Waals surface area contributed by atoms with E-state index in [1.165, 1.54) is 18.2 Å². The van der Waals surface area contributed by atoms with Gasteiger partial charge in [0.15, 0.2) is 0 Å². The van der Waals surface area contributed by atoms with Crippen molar-refractivity contribution in [3.8, 4) is 28.7 Å². The third-order valence-corrected chi connectivity index (χ3v) is 4.54. The maximum Gasteiger partial charge on any atom is 0.139 e. The third-order valence-electron chi connectivity index (χ3n) is 4.54. The fraction of sp³-hybridized carbons (Fsp3) is 0.0400. The first-order valence-corrected chi connectivity index (χ1v) is 8.78. The minimum absolute atomic E-state index is 0.273. The maximum atomic E-state index is 14.5. The average Bonchev–Trinajstić information content (AvgIpc) is 2.73. The number of hydrogen-bond donors (Lipinski definition) is 0. The van der Waals surface area contributed by atoms with Crippen molar-refractivity contribution < 1.29 is 13.5 Å². The van der Waals surface area contributed by atoms with Crippen LogP contribution in [0.5, 0.6) is 5.75 Å². The molecular weight excluding hydrogens is 354 g/mol. The lowest BCUT2D eigenvalue weighted by atomic mass is 10.0. The van der Waals surface area contributed by atoms with Gasteiger partial charge < -0.3 is 4.74 Å². The number of rotatable bonds is 2. The molecule has 0 aliphatic rings. The molecular formula is C25H16F2O. The Bertz CT molecular complexity index is 1210. The second-order valence-corrected chi connectivity index (χ2v) is 6.38. The highest BCUT2D eigenvalue weighted by Gasteiger charge is 2.04. The first-order chi connectivity index (χ1) is 13.6. The van der Waals surface area contributed by atoms with E-state index in [-0.39, 0.29) is 11.6 Å². The van der Waals surface area contributed by atoms with Gasteiger partial charge in [0.25, 0.3) is 0 Å². The van der Waals surface area contributed by atoms with Crippen molar-refractivity contribution >= 4 is 10.8 Å². The Hall–Kier alpha value is -3.64. The zero-order chi connectivity index (χ0) is 19.5. The zero-order valence-electron chi connectivity index (χ0n) is 15.2. The highest BCUT2D eigenvalue weighted by Crippen LogP contribution is 2.24. The molecule has 0 aliphatic carbocycles. The summed E-state index contributed by atoms with van der Waals surface area (Å²) >= 11 is 0. The van der Waals surface area contributed by atoms with E-state index in [1.54, 1.807) is 25.3 Å². The van der Waals surface area contributed by atoms with Gasteiger partial charge in [-0.1, -0.05) is 42.2 Å². The van der Waals surface area contributed by atoms with Gasteiger partial charge in [0.1, 0.15) is 17.4 Å². The minimum atomic E-state index is -0.372. The molecule has 0 fully saturated rings. The lowest BCUT2D eigenvalue weighted by molar-refractivity contribution is 0.415. The van der Waals surface area contributed by atoms with Crippen LogP contribution in [0.15, 0.2) is 78.9 Å². The predicted molar refractivity (Wildman–Crippen MR) is 108 cm³/mol. The number of fused-ring (bicyclic) bond motifs is 1. The van der Waals surface area contributed by atoms with Gasteiger partial charge in [-0.15, -0.1) is 0 Å². The van der Waals surface area contributed by atoms with Gasteiger partial charge >= 0.3 is 0 Å². The molecule has 0 aromatic heterocycles. The summed E-state index contributed by atoms with van der Waals surface area (Å²) < 4.78 is 32.9. The Morgan fingerprint density at radius 1 is 0.679 bits per heavy atom. The Kier molecular flexibility index (Phi) is 4.78. The van der Waals surface area contributed by atoms with Crippen LogP contribution in [0.4, 0.5) is 8.78 Å². The van der Waals surface area contributed by atoms with Crippen LogP contribution in [0, 0.1) is 23.5 Å². The highest BCUT2D eigenvalue weighted by atomic mass is 19.1. The number of ether oxygens (including phenoxy) is 1. The van der Waals surface area contributed by atoms with Crippen LogP contribution in [0.25, 0.3) is 21.9 Å². The fourth-order valence-electron chi connectivity index (χ4n) is 3.01. The van der Waals surface area contributed by atoms with Gasteiger partial charge in [0.05, 0.1) is 12.7 Å². The van der Waals surface area contributed by atoms with E-state index in [9.17, 15) is 8.78 Å². The molecule has 0 unspecified atom stereocenters. The van der Waals surface area contributed by atoms with E-state index < -0.39 is 0 Å². The minimum Gasteiger partial charge on any atom is -0.497 e. The molecule has 0 N–H and O–H groups in total.